The Kier molecular flexibility index (Phi) is 3.80. The van der Waals surface area contributed by atoms with E-state index in [1.165, 1.54) is 0 Å². The van der Waals surface area contributed by atoms with Crippen LogP contribution in [0.15, 0.2) is 36.7 Å². The average molecular weight is 349 g/mol. The number of hydrogen-bond acceptors (Lipinski definition) is 5. The fourth-order valence-electron chi connectivity index (χ4n) is 3.19. The molecule has 0 spiro atoms. The van der Waals surface area contributed by atoms with Crippen LogP contribution in [-0.2, 0) is 0 Å². The summed E-state index contributed by atoms with van der Waals surface area (Å²) < 4.78 is 0. The zero-order chi connectivity index (χ0) is 18.5. The van der Waals surface area contributed by atoms with Gasteiger partial charge in [-0.1, -0.05) is 32.9 Å². The second kappa shape index (κ2) is 5.92. The van der Waals surface area contributed by atoms with Crippen molar-refractivity contribution in [3.63, 3.8) is 0 Å². The van der Waals surface area contributed by atoms with Crippen LogP contribution < -0.4 is 10.6 Å². The summed E-state index contributed by atoms with van der Waals surface area (Å²) in [6.07, 6.45) is 3.45. The lowest BCUT2D eigenvalue weighted by Crippen LogP contribution is -2.55. The van der Waals surface area contributed by atoms with Crippen LogP contribution in [0.3, 0.4) is 0 Å². The number of Topliss-reactive ketones (excluding diaryl/α,β-unsaturated/α-hetero) is 1. The van der Waals surface area contributed by atoms with Gasteiger partial charge in [0.15, 0.2) is 11.4 Å². The van der Waals surface area contributed by atoms with E-state index in [2.05, 4.69) is 27.0 Å². The molecule has 6 heteroatoms. The second-order valence-electron chi connectivity index (χ2n) is 7.95. The average Bonchev–Trinajstić information content (AvgIpc) is 3.00. The Morgan fingerprint density at radius 2 is 2.08 bits per heavy atom. The summed E-state index contributed by atoms with van der Waals surface area (Å²) in [5.74, 6) is 0.0542. The van der Waals surface area contributed by atoms with Crippen molar-refractivity contribution in [1.29, 1.82) is 0 Å². The van der Waals surface area contributed by atoms with Gasteiger partial charge in [0.05, 0.1) is 17.5 Å². The van der Waals surface area contributed by atoms with Crippen LogP contribution in [0.2, 0.25) is 0 Å². The number of anilines is 1. The van der Waals surface area contributed by atoms with Gasteiger partial charge >= 0.3 is 0 Å². The van der Waals surface area contributed by atoms with Gasteiger partial charge in [0.1, 0.15) is 5.52 Å². The fraction of sp³-hybridized carbons (Fsp3) is 0.350. The minimum atomic E-state index is -0.469. The number of hydrogen-bond donors (Lipinski definition) is 2. The molecule has 0 aliphatic carbocycles. The zero-order valence-electron chi connectivity index (χ0n) is 15.3. The quantitative estimate of drug-likeness (QED) is 0.710. The number of aromatic nitrogens is 3. The maximum atomic E-state index is 12.7. The highest BCUT2D eigenvalue weighted by atomic mass is 16.1. The Labute approximate surface area is 152 Å². The van der Waals surface area contributed by atoms with Gasteiger partial charge < -0.3 is 15.6 Å². The molecule has 0 saturated carbocycles. The highest BCUT2D eigenvalue weighted by Gasteiger charge is 2.27. The first-order chi connectivity index (χ1) is 12.3. The molecule has 6 nitrogen and oxygen atoms in total. The van der Waals surface area contributed by atoms with Gasteiger partial charge in [0.2, 0.25) is 0 Å². The number of benzene rings is 1. The Hall–Kier alpha value is -2.73. The molecule has 1 fully saturated rings. The number of ketones is 1. The first-order valence-electron chi connectivity index (χ1n) is 8.83. The van der Waals surface area contributed by atoms with E-state index in [-0.39, 0.29) is 11.8 Å². The van der Waals surface area contributed by atoms with Crippen LogP contribution in [0.5, 0.6) is 0 Å². The minimum absolute atomic E-state index is 0.0542. The SMILES string of the molecule is CC(C)(C)C(=O)c1c[nH]c2ncc(-c3cccc(N4CC(N)C4)c3)nc12. The molecule has 1 aliphatic heterocycles. The molecule has 0 unspecified atom stereocenters. The van der Waals surface area contributed by atoms with E-state index in [9.17, 15) is 4.79 Å². The molecule has 2 aromatic heterocycles. The fourth-order valence-corrected chi connectivity index (χ4v) is 3.19. The van der Waals surface area contributed by atoms with E-state index in [1.54, 1.807) is 12.4 Å². The number of nitrogens with one attached hydrogen (secondary N) is 1. The molecule has 3 heterocycles. The number of H-pyrrole nitrogens is 1. The zero-order valence-corrected chi connectivity index (χ0v) is 15.3. The van der Waals surface area contributed by atoms with Gasteiger partial charge in [0, 0.05) is 42.0 Å². The first kappa shape index (κ1) is 16.7. The number of rotatable bonds is 3. The summed E-state index contributed by atoms with van der Waals surface area (Å²) in [6, 6.07) is 8.45. The molecule has 3 aromatic rings. The molecular formula is C20H23N5O. The maximum Gasteiger partial charge on any atom is 0.171 e. The van der Waals surface area contributed by atoms with Crippen molar-refractivity contribution in [1.82, 2.24) is 15.0 Å². The number of nitrogens with zero attached hydrogens (tertiary/aromatic N) is 3. The molecule has 26 heavy (non-hydrogen) atoms. The second-order valence-corrected chi connectivity index (χ2v) is 7.95. The van der Waals surface area contributed by atoms with E-state index in [0.717, 1.165) is 30.0 Å². The summed E-state index contributed by atoms with van der Waals surface area (Å²) in [5.41, 5.74) is 10.1. The molecule has 3 N–H and O–H groups in total. The molecule has 4 rings (SSSR count). The first-order valence-corrected chi connectivity index (χ1v) is 8.83. The van der Waals surface area contributed by atoms with Gasteiger partial charge in [-0.3, -0.25) is 4.79 Å². The summed E-state index contributed by atoms with van der Waals surface area (Å²) in [6.45, 7) is 7.47. The molecular weight excluding hydrogens is 326 g/mol. The van der Waals surface area contributed by atoms with Crippen molar-refractivity contribution < 1.29 is 4.79 Å². The molecule has 134 valence electrons. The Morgan fingerprint density at radius 1 is 1.31 bits per heavy atom. The lowest BCUT2D eigenvalue weighted by molar-refractivity contribution is 0.0860. The highest BCUT2D eigenvalue weighted by molar-refractivity contribution is 6.08. The normalized spacial score (nSPS) is 15.3. The van der Waals surface area contributed by atoms with Gasteiger partial charge in [-0.15, -0.1) is 0 Å². The maximum absolute atomic E-state index is 12.7. The van der Waals surface area contributed by atoms with Crippen LogP contribution in [0.4, 0.5) is 5.69 Å². The smallest absolute Gasteiger partial charge is 0.171 e. The predicted molar refractivity (Wildman–Crippen MR) is 103 cm³/mol. The third-order valence-electron chi connectivity index (χ3n) is 4.72. The molecule has 0 radical (unpaired) electrons. The Bertz CT molecular complexity index is 979. The third-order valence-corrected chi connectivity index (χ3v) is 4.72. The number of carbonyl (C=O) groups excluding carboxylic acids is 1. The van der Waals surface area contributed by atoms with Crippen molar-refractivity contribution in [2.24, 2.45) is 11.1 Å². The summed E-state index contributed by atoms with van der Waals surface area (Å²) in [7, 11) is 0. The van der Waals surface area contributed by atoms with Crippen molar-refractivity contribution in [3.8, 4) is 11.3 Å². The molecule has 0 amide bonds. The van der Waals surface area contributed by atoms with Crippen LogP contribution in [0.25, 0.3) is 22.4 Å². The third kappa shape index (κ3) is 2.86. The highest BCUT2D eigenvalue weighted by Crippen LogP contribution is 2.29. The van der Waals surface area contributed by atoms with E-state index in [1.807, 2.05) is 32.9 Å². The largest absolute Gasteiger partial charge is 0.368 e. The van der Waals surface area contributed by atoms with Gasteiger partial charge in [-0.25, -0.2) is 9.97 Å². The Balaban J connectivity index is 1.74. The minimum Gasteiger partial charge on any atom is -0.368 e. The lowest BCUT2D eigenvalue weighted by atomic mass is 9.87. The van der Waals surface area contributed by atoms with Crippen molar-refractivity contribution in [2.45, 2.75) is 26.8 Å². The molecule has 0 bridgehead atoms. The van der Waals surface area contributed by atoms with Crippen molar-refractivity contribution in [3.05, 3.63) is 42.2 Å². The predicted octanol–water partition coefficient (Wildman–Crippen LogP) is 3.00. The number of carbonyl (C=O) groups is 1. The molecule has 0 atom stereocenters. The van der Waals surface area contributed by atoms with E-state index < -0.39 is 5.41 Å². The topological polar surface area (TPSA) is 87.9 Å². The molecule has 1 aromatic carbocycles. The summed E-state index contributed by atoms with van der Waals surface area (Å²) in [5, 5.41) is 0. The number of aromatic amines is 1. The monoisotopic (exact) mass is 349 g/mol. The lowest BCUT2D eigenvalue weighted by Gasteiger charge is -2.39. The van der Waals surface area contributed by atoms with Gasteiger partial charge in [-0.05, 0) is 12.1 Å². The number of fused-ring (bicyclic) bond motifs is 1. The van der Waals surface area contributed by atoms with Gasteiger partial charge in [-0.2, -0.15) is 0 Å². The van der Waals surface area contributed by atoms with E-state index >= 15 is 0 Å². The van der Waals surface area contributed by atoms with Crippen LogP contribution >= 0.6 is 0 Å². The van der Waals surface area contributed by atoms with Gasteiger partial charge in [0.25, 0.3) is 0 Å². The molecule has 1 aliphatic rings. The van der Waals surface area contributed by atoms with Crippen LogP contribution in [0, 0.1) is 5.41 Å². The number of nitrogens with two attached hydrogens (primary N) is 1. The standard InChI is InChI=1S/C20H23N5O/c1-20(2,3)18(26)15-8-22-19-17(15)24-16(9-23-19)12-5-4-6-14(7-12)25-10-13(21)11-25/h4-9,13H,10-11,21H2,1-3H3,(H,22,23). The van der Waals surface area contributed by atoms with Crippen LogP contribution in [0.1, 0.15) is 31.1 Å². The summed E-state index contributed by atoms with van der Waals surface area (Å²) >= 11 is 0. The van der Waals surface area contributed by atoms with Crippen molar-refractivity contribution in [2.75, 3.05) is 18.0 Å². The van der Waals surface area contributed by atoms with Crippen molar-refractivity contribution >= 4 is 22.6 Å². The molecule has 1 saturated heterocycles. The van der Waals surface area contributed by atoms with E-state index in [0.29, 0.717) is 16.7 Å². The summed E-state index contributed by atoms with van der Waals surface area (Å²) in [4.78, 5) is 27.2. The van der Waals surface area contributed by atoms with E-state index in [4.69, 9.17) is 10.7 Å². The van der Waals surface area contributed by atoms with Crippen LogP contribution in [-0.4, -0.2) is 39.9 Å². The Morgan fingerprint density at radius 3 is 2.77 bits per heavy atom.